The first-order chi connectivity index (χ1) is 12.4. The Labute approximate surface area is 160 Å². The first-order valence-electron chi connectivity index (χ1n) is 7.67. The van der Waals surface area contributed by atoms with Gasteiger partial charge in [0.15, 0.2) is 0 Å². The molecule has 1 N–H and O–H groups in total. The predicted octanol–water partition coefficient (Wildman–Crippen LogP) is 5.41. The molecule has 0 saturated heterocycles. The quantitative estimate of drug-likeness (QED) is 0.456. The zero-order valence-corrected chi connectivity index (χ0v) is 16.6. The SMILES string of the molecule is CSc1sc(C=N)cc1S(=O)(=O)c1cccc(-c2ccc(F)cc2C)c1. The van der Waals surface area contributed by atoms with Crippen LogP contribution in [0.15, 0.2) is 62.5 Å². The number of sulfone groups is 1. The fourth-order valence-corrected chi connectivity index (χ4v) is 6.58. The molecule has 3 rings (SSSR count). The molecule has 0 radical (unpaired) electrons. The Balaban J connectivity index is 2.13. The van der Waals surface area contributed by atoms with Crippen LogP contribution in [0.1, 0.15) is 10.4 Å². The van der Waals surface area contributed by atoms with Gasteiger partial charge >= 0.3 is 0 Å². The van der Waals surface area contributed by atoms with E-state index in [1.165, 1.54) is 41.3 Å². The molecular weight excluding hydrogens is 389 g/mol. The average Bonchev–Trinajstić information content (AvgIpc) is 3.06. The van der Waals surface area contributed by atoms with Crippen LogP contribution in [0, 0.1) is 18.2 Å². The number of halogens is 1. The van der Waals surface area contributed by atoms with Crippen LogP contribution >= 0.6 is 23.1 Å². The minimum atomic E-state index is -3.71. The first-order valence-corrected chi connectivity index (χ1v) is 11.2. The summed E-state index contributed by atoms with van der Waals surface area (Å²) in [6.07, 6.45) is 2.97. The van der Waals surface area contributed by atoms with E-state index in [1.54, 1.807) is 31.2 Å². The molecule has 0 fully saturated rings. The molecule has 1 aromatic heterocycles. The van der Waals surface area contributed by atoms with E-state index >= 15 is 0 Å². The second kappa shape index (κ2) is 7.34. The zero-order valence-electron chi connectivity index (χ0n) is 14.1. The van der Waals surface area contributed by atoms with E-state index in [0.717, 1.165) is 22.9 Å². The third-order valence-corrected chi connectivity index (χ3v) is 8.20. The summed E-state index contributed by atoms with van der Waals surface area (Å²) in [5.74, 6) is -0.322. The van der Waals surface area contributed by atoms with Gasteiger partial charge in [0, 0.05) is 11.1 Å². The van der Waals surface area contributed by atoms with Gasteiger partial charge in [-0.1, -0.05) is 18.2 Å². The van der Waals surface area contributed by atoms with E-state index in [4.69, 9.17) is 5.41 Å². The molecule has 0 atom stereocenters. The Hall–Kier alpha value is -1.96. The normalized spacial score (nSPS) is 11.5. The number of aryl methyl sites for hydroxylation is 1. The average molecular weight is 406 g/mol. The van der Waals surface area contributed by atoms with Crippen molar-refractivity contribution >= 4 is 39.2 Å². The molecule has 134 valence electrons. The smallest absolute Gasteiger partial charge is 0.208 e. The van der Waals surface area contributed by atoms with Gasteiger partial charge < -0.3 is 5.41 Å². The summed E-state index contributed by atoms with van der Waals surface area (Å²) in [6, 6.07) is 12.7. The Morgan fingerprint density at radius 2 is 1.92 bits per heavy atom. The van der Waals surface area contributed by atoms with Crippen LogP contribution in [0.4, 0.5) is 4.39 Å². The number of hydrogen-bond acceptors (Lipinski definition) is 5. The number of hydrogen-bond donors (Lipinski definition) is 1. The monoisotopic (exact) mass is 405 g/mol. The molecule has 2 aromatic carbocycles. The number of thiophene rings is 1. The lowest BCUT2D eigenvalue weighted by Gasteiger charge is -2.09. The van der Waals surface area contributed by atoms with Gasteiger partial charge in [0.25, 0.3) is 0 Å². The second-order valence-corrected chi connectivity index (χ2v) is 9.72. The van der Waals surface area contributed by atoms with Crippen molar-refractivity contribution in [2.24, 2.45) is 0 Å². The van der Waals surface area contributed by atoms with Crippen molar-refractivity contribution in [3.63, 3.8) is 0 Å². The van der Waals surface area contributed by atoms with Crippen LogP contribution in [0.3, 0.4) is 0 Å². The van der Waals surface area contributed by atoms with Crippen molar-refractivity contribution in [1.82, 2.24) is 0 Å². The summed E-state index contributed by atoms with van der Waals surface area (Å²) in [5.41, 5.74) is 2.25. The van der Waals surface area contributed by atoms with Crippen molar-refractivity contribution in [3.05, 3.63) is 64.8 Å². The van der Waals surface area contributed by atoms with Crippen LogP contribution in [0.25, 0.3) is 11.1 Å². The minimum Gasteiger partial charge on any atom is -0.307 e. The van der Waals surface area contributed by atoms with Crippen molar-refractivity contribution in [2.75, 3.05) is 6.26 Å². The second-order valence-electron chi connectivity index (χ2n) is 5.64. The van der Waals surface area contributed by atoms with Gasteiger partial charge in [-0.3, -0.25) is 0 Å². The van der Waals surface area contributed by atoms with Gasteiger partial charge in [-0.15, -0.1) is 23.1 Å². The van der Waals surface area contributed by atoms with Gasteiger partial charge in [-0.2, -0.15) is 0 Å². The number of benzene rings is 2. The van der Waals surface area contributed by atoms with E-state index in [2.05, 4.69) is 0 Å². The lowest BCUT2D eigenvalue weighted by atomic mass is 10.0. The van der Waals surface area contributed by atoms with Gasteiger partial charge in [0.1, 0.15) is 5.82 Å². The Morgan fingerprint density at radius 3 is 2.58 bits per heavy atom. The van der Waals surface area contributed by atoms with E-state index in [1.807, 2.05) is 12.3 Å². The summed E-state index contributed by atoms with van der Waals surface area (Å²) in [7, 11) is -3.71. The molecule has 0 amide bonds. The lowest BCUT2D eigenvalue weighted by molar-refractivity contribution is 0.595. The molecule has 0 unspecified atom stereocenters. The molecule has 0 spiro atoms. The van der Waals surface area contributed by atoms with Gasteiger partial charge in [0.2, 0.25) is 9.84 Å². The van der Waals surface area contributed by atoms with Crippen molar-refractivity contribution in [2.45, 2.75) is 20.9 Å². The Morgan fingerprint density at radius 1 is 1.15 bits per heavy atom. The Kier molecular flexibility index (Phi) is 5.32. The molecule has 0 aliphatic carbocycles. The van der Waals surface area contributed by atoms with E-state index in [0.29, 0.717) is 9.09 Å². The molecule has 7 heteroatoms. The highest BCUT2D eigenvalue weighted by molar-refractivity contribution is 8.01. The van der Waals surface area contributed by atoms with E-state index in [9.17, 15) is 12.8 Å². The highest BCUT2D eigenvalue weighted by Crippen LogP contribution is 2.37. The Bertz CT molecular complexity index is 1090. The molecule has 0 aliphatic rings. The number of thioether (sulfide) groups is 1. The highest BCUT2D eigenvalue weighted by atomic mass is 32.2. The molecule has 3 nitrogen and oxygen atoms in total. The summed E-state index contributed by atoms with van der Waals surface area (Å²) >= 11 is 2.64. The molecule has 3 aromatic rings. The van der Waals surface area contributed by atoms with Gasteiger partial charge in [-0.25, -0.2) is 12.8 Å². The van der Waals surface area contributed by atoms with Crippen molar-refractivity contribution in [1.29, 1.82) is 5.41 Å². The molecule has 1 heterocycles. The fraction of sp³-hybridized carbons (Fsp3) is 0.105. The van der Waals surface area contributed by atoms with E-state index < -0.39 is 9.84 Å². The standard InChI is InChI=1S/C19H16FNO2S3/c1-12-8-14(20)6-7-17(12)13-4-3-5-16(9-13)26(22,23)18-10-15(11-21)25-19(18)24-2/h3-11,21H,1-2H3. The molecular formula is C19H16FNO2S3. The summed E-state index contributed by atoms with van der Waals surface area (Å²) in [4.78, 5) is 1.00. The van der Waals surface area contributed by atoms with Crippen LogP contribution in [-0.2, 0) is 9.84 Å². The van der Waals surface area contributed by atoms with Crippen LogP contribution in [0.2, 0.25) is 0 Å². The van der Waals surface area contributed by atoms with E-state index in [-0.39, 0.29) is 15.6 Å². The van der Waals surface area contributed by atoms with Crippen LogP contribution in [-0.4, -0.2) is 20.9 Å². The maximum Gasteiger partial charge on any atom is 0.208 e. The summed E-state index contributed by atoms with van der Waals surface area (Å²) in [5, 5.41) is 7.38. The van der Waals surface area contributed by atoms with Crippen LogP contribution < -0.4 is 0 Å². The first kappa shape index (κ1) is 18.8. The fourth-order valence-electron chi connectivity index (χ4n) is 2.68. The van der Waals surface area contributed by atoms with Gasteiger partial charge in [-0.05, 0) is 60.2 Å². The van der Waals surface area contributed by atoms with Gasteiger partial charge in [0.05, 0.1) is 14.0 Å². The highest BCUT2D eigenvalue weighted by Gasteiger charge is 2.24. The largest absolute Gasteiger partial charge is 0.307 e. The molecule has 0 aliphatic heterocycles. The minimum absolute atomic E-state index is 0.184. The molecule has 0 bridgehead atoms. The molecule has 0 saturated carbocycles. The maximum absolute atomic E-state index is 13.4. The number of rotatable bonds is 5. The maximum atomic E-state index is 13.4. The lowest BCUT2D eigenvalue weighted by Crippen LogP contribution is -2.02. The number of nitrogens with one attached hydrogen (secondary N) is 1. The molecule has 26 heavy (non-hydrogen) atoms. The van der Waals surface area contributed by atoms with Crippen LogP contribution in [0.5, 0.6) is 0 Å². The zero-order chi connectivity index (χ0) is 18.9. The topological polar surface area (TPSA) is 58.0 Å². The summed E-state index contributed by atoms with van der Waals surface area (Å²) < 4.78 is 40.3. The summed E-state index contributed by atoms with van der Waals surface area (Å²) in [6.45, 7) is 1.79. The third-order valence-electron chi connectivity index (χ3n) is 3.95. The van der Waals surface area contributed by atoms with Crippen molar-refractivity contribution < 1.29 is 12.8 Å². The predicted molar refractivity (Wildman–Crippen MR) is 106 cm³/mol. The van der Waals surface area contributed by atoms with Crippen molar-refractivity contribution in [3.8, 4) is 11.1 Å². The third kappa shape index (κ3) is 3.47.